The molecule has 0 unspecified atom stereocenters. The molecule has 0 saturated carbocycles. The number of carbonyl (C=O) groups excluding carboxylic acids is 1. The summed E-state index contributed by atoms with van der Waals surface area (Å²) in [5, 5.41) is 2.48. The lowest BCUT2D eigenvalue weighted by molar-refractivity contribution is 0.129. The first kappa shape index (κ1) is 15.1. The van der Waals surface area contributed by atoms with Gasteiger partial charge in [-0.15, -0.1) is 4.57 Å². The van der Waals surface area contributed by atoms with Gasteiger partial charge in [-0.1, -0.05) is 12.2 Å². The minimum absolute atomic E-state index is 0.0484. The molecule has 1 amide bonds. The number of nitrogens with one attached hydrogen (secondary N) is 1. The van der Waals surface area contributed by atoms with Gasteiger partial charge in [0.1, 0.15) is 5.82 Å². The van der Waals surface area contributed by atoms with Crippen LogP contribution in [0.25, 0.3) is 5.65 Å². The van der Waals surface area contributed by atoms with Crippen molar-refractivity contribution in [3.05, 3.63) is 28.8 Å². The molecule has 0 radical (unpaired) electrons. The van der Waals surface area contributed by atoms with Crippen LogP contribution in [0.5, 0.6) is 0 Å². The fraction of sp³-hybridized carbons (Fsp3) is 0.429. The minimum atomic E-state index is -0.761. The first-order valence-corrected chi connectivity index (χ1v) is 7.31. The van der Waals surface area contributed by atoms with Gasteiger partial charge in [0.15, 0.2) is 5.65 Å². The van der Waals surface area contributed by atoms with Gasteiger partial charge < -0.3 is 14.2 Å². The van der Waals surface area contributed by atoms with Crippen molar-refractivity contribution in [3.63, 3.8) is 0 Å². The summed E-state index contributed by atoms with van der Waals surface area (Å²) in [7, 11) is 0. The lowest BCUT2D eigenvalue weighted by atomic mass is 10.2. The molecule has 9 nitrogen and oxygen atoms in total. The molecule has 1 aliphatic heterocycles. The number of hydrogen-bond donors (Lipinski definition) is 1. The highest BCUT2D eigenvalue weighted by atomic mass is 16.6. The van der Waals surface area contributed by atoms with Gasteiger partial charge in [-0.25, -0.2) is 9.59 Å². The zero-order chi connectivity index (χ0) is 16.4. The lowest BCUT2D eigenvalue weighted by Crippen LogP contribution is -2.28. The van der Waals surface area contributed by atoms with E-state index in [0.717, 1.165) is 17.5 Å². The molecule has 2 aromatic rings. The Morgan fingerprint density at radius 1 is 1.39 bits per heavy atom. The smallest absolute Gasteiger partial charge is 0.447 e. The standard InChI is InChI=1S/C14H17N5O4/c1-9(2)22-13(20)17-12-15-10(18-6-4-3-5-7-18)8-11-16-14(21)23-19(11)12/h3-4,8-9H,5-7H2,1-2H3,(H,15,17,20). The quantitative estimate of drug-likeness (QED) is 0.853. The Bertz CT molecular complexity index is 807. The lowest BCUT2D eigenvalue weighted by Gasteiger charge is -2.24. The van der Waals surface area contributed by atoms with Crippen LogP contribution in [0, 0.1) is 0 Å². The maximum atomic E-state index is 11.8. The summed E-state index contributed by atoms with van der Waals surface area (Å²) in [4.78, 5) is 33.3. The molecule has 0 fully saturated rings. The number of amides is 1. The zero-order valence-corrected chi connectivity index (χ0v) is 12.9. The predicted molar refractivity (Wildman–Crippen MR) is 82.7 cm³/mol. The summed E-state index contributed by atoms with van der Waals surface area (Å²) in [5.74, 6) is -0.113. The summed E-state index contributed by atoms with van der Waals surface area (Å²) < 4.78 is 11.0. The van der Waals surface area contributed by atoms with Gasteiger partial charge in [0.25, 0.3) is 5.95 Å². The van der Waals surface area contributed by atoms with Gasteiger partial charge in [0, 0.05) is 19.2 Å². The molecule has 0 saturated heterocycles. The van der Waals surface area contributed by atoms with Crippen LogP contribution in [0.2, 0.25) is 0 Å². The average Bonchev–Trinajstić information content (AvgIpc) is 2.88. The molecular weight excluding hydrogens is 302 g/mol. The number of ether oxygens (including phenoxy) is 1. The third-order valence-electron chi connectivity index (χ3n) is 3.19. The molecule has 9 heteroatoms. The van der Waals surface area contributed by atoms with Crippen LogP contribution in [0.15, 0.2) is 27.5 Å². The van der Waals surface area contributed by atoms with E-state index in [-0.39, 0.29) is 17.7 Å². The Kier molecular flexibility index (Phi) is 4.00. The van der Waals surface area contributed by atoms with Gasteiger partial charge in [-0.05, 0) is 20.3 Å². The molecule has 0 atom stereocenters. The predicted octanol–water partition coefficient (Wildman–Crippen LogP) is 1.41. The maximum absolute atomic E-state index is 11.8. The van der Waals surface area contributed by atoms with Crippen molar-refractivity contribution >= 4 is 23.5 Å². The summed E-state index contributed by atoms with van der Waals surface area (Å²) in [5.41, 5.74) is 0.273. The van der Waals surface area contributed by atoms with Crippen molar-refractivity contribution in [2.45, 2.75) is 26.4 Å². The van der Waals surface area contributed by atoms with Crippen LogP contribution in [0.1, 0.15) is 20.3 Å². The molecule has 0 aromatic carbocycles. The number of rotatable bonds is 3. The van der Waals surface area contributed by atoms with Crippen LogP contribution in [0.3, 0.4) is 0 Å². The van der Waals surface area contributed by atoms with Crippen LogP contribution < -0.4 is 16.0 Å². The van der Waals surface area contributed by atoms with Crippen molar-refractivity contribution in [3.8, 4) is 0 Å². The Balaban J connectivity index is 1.98. The Labute approximate surface area is 131 Å². The summed E-state index contributed by atoms with van der Waals surface area (Å²) in [6.45, 7) is 4.95. The van der Waals surface area contributed by atoms with E-state index in [2.05, 4.69) is 21.4 Å². The molecule has 3 heterocycles. The monoisotopic (exact) mass is 319 g/mol. The molecule has 2 aromatic heterocycles. The van der Waals surface area contributed by atoms with Gasteiger partial charge in [-0.3, -0.25) is 5.32 Å². The summed E-state index contributed by atoms with van der Waals surface area (Å²) >= 11 is 0. The molecule has 0 aliphatic carbocycles. The molecule has 1 aliphatic rings. The van der Waals surface area contributed by atoms with Gasteiger partial charge in [-0.2, -0.15) is 9.97 Å². The largest absolute Gasteiger partial charge is 0.460 e. The van der Waals surface area contributed by atoms with E-state index in [1.165, 1.54) is 0 Å². The van der Waals surface area contributed by atoms with Crippen LogP contribution in [-0.4, -0.2) is 39.8 Å². The molecule has 0 bridgehead atoms. The second-order valence-corrected chi connectivity index (χ2v) is 5.34. The van der Waals surface area contributed by atoms with Crippen molar-refractivity contribution in [1.82, 2.24) is 14.5 Å². The first-order valence-electron chi connectivity index (χ1n) is 7.31. The highest BCUT2D eigenvalue weighted by Crippen LogP contribution is 2.19. The van der Waals surface area contributed by atoms with Crippen molar-refractivity contribution in [2.75, 3.05) is 23.3 Å². The number of nitrogens with zero attached hydrogens (tertiary/aromatic N) is 4. The van der Waals surface area contributed by atoms with Crippen molar-refractivity contribution in [1.29, 1.82) is 0 Å². The fourth-order valence-electron chi connectivity index (χ4n) is 2.25. The average molecular weight is 319 g/mol. The van der Waals surface area contributed by atoms with E-state index < -0.39 is 11.8 Å². The molecule has 122 valence electrons. The number of carbonyl (C=O) groups is 1. The number of hydrogen-bond acceptors (Lipinski definition) is 7. The van der Waals surface area contributed by atoms with Crippen LogP contribution in [-0.2, 0) is 4.74 Å². The Morgan fingerprint density at radius 2 is 2.22 bits per heavy atom. The third-order valence-corrected chi connectivity index (χ3v) is 3.19. The summed E-state index contributed by atoms with van der Waals surface area (Å²) in [6.07, 6.45) is 4.06. The Hall–Kier alpha value is -2.84. The molecule has 3 rings (SSSR count). The second kappa shape index (κ2) is 6.11. The zero-order valence-electron chi connectivity index (χ0n) is 12.9. The van der Waals surface area contributed by atoms with Gasteiger partial charge in [0.05, 0.1) is 6.10 Å². The van der Waals surface area contributed by atoms with Gasteiger partial charge in [0.2, 0.25) is 0 Å². The third kappa shape index (κ3) is 3.33. The van der Waals surface area contributed by atoms with E-state index in [1.54, 1.807) is 19.9 Å². The van der Waals surface area contributed by atoms with E-state index in [4.69, 9.17) is 9.26 Å². The van der Waals surface area contributed by atoms with Crippen LogP contribution in [0.4, 0.5) is 16.6 Å². The highest BCUT2D eigenvalue weighted by Gasteiger charge is 2.18. The van der Waals surface area contributed by atoms with Crippen LogP contribution >= 0.6 is 0 Å². The van der Waals surface area contributed by atoms with E-state index in [1.807, 2.05) is 11.0 Å². The Morgan fingerprint density at radius 3 is 2.91 bits per heavy atom. The molecular formula is C14H17N5O4. The number of aromatic nitrogens is 3. The van der Waals surface area contributed by atoms with Crippen molar-refractivity contribution in [2.24, 2.45) is 0 Å². The number of anilines is 2. The van der Waals surface area contributed by atoms with E-state index in [9.17, 15) is 9.59 Å². The van der Waals surface area contributed by atoms with E-state index in [0.29, 0.717) is 12.4 Å². The molecule has 0 spiro atoms. The number of fused-ring (bicyclic) bond motifs is 1. The van der Waals surface area contributed by atoms with E-state index >= 15 is 0 Å². The molecule has 1 N–H and O–H groups in total. The fourth-order valence-corrected chi connectivity index (χ4v) is 2.25. The molecule has 23 heavy (non-hydrogen) atoms. The topological polar surface area (TPSA) is 102 Å². The minimum Gasteiger partial charge on any atom is -0.447 e. The second-order valence-electron chi connectivity index (χ2n) is 5.34. The normalized spacial score (nSPS) is 14.5. The first-order chi connectivity index (χ1) is 11.0. The highest BCUT2D eigenvalue weighted by molar-refractivity contribution is 5.83. The maximum Gasteiger partial charge on any atom is 0.460 e. The van der Waals surface area contributed by atoms with Crippen molar-refractivity contribution < 1.29 is 14.1 Å². The SMILES string of the molecule is CC(C)OC(=O)Nc1nc(N2CC=CCC2)cc2nc(=O)on12. The summed E-state index contributed by atoms with van der Waals surface area (Å²) in [6, 6.07) is 1.64. The van der Waals surface area contributed by atoms with Gasteiger partial charge >= 0.3 is 11.8 Å².